The molecule has 60 valence electrons. The van der Waals surface area contributed by atoms with Gasteiger partial charge in [-0.1, -0.05) is 15.9 Å². The molecule has 2 heterocycles. The molecular weight excluding hydrogens is 222 g/mol. The lowest BCUT2D eigenvalue weighted by atomic mass is 10.5. The van der Waals surface area contributed by atoms with Gasteiger partial charge in [-0.3, -0.25) is 0 Å². The minimum absolute atomic E-state index is 0.689. The number of halogens is 1. The van der Waals surface area contributed by atoms with Crippen molar-refractivity contribution in [3.05, 3.63) is 29.1 Å². The van der Waals surface area contributed by atoms with E-state index in [1.165, 1.54) is 11.0 Å². The zero-order chi connectivity index (χ0) is 8.39. The van der Waals surface area contributed by atoms with Crippen LogP contribution < -0.4 is 0 Å². The van der Waals surface area contributed by atoms with Crippen molar-refractivity contribution in [2.24, 2.45) is 0 Å². The van der Waals surface area contributed by atoms with Crippen LogP contribution in [0.25, 0.3) is 5.82 Å². The van der Waals surface area contributed by atoms with Crippen LogP contribution in [0.5, 0.6) is 0 Å². The second kappa shape index (κ2) is 2.98. The lowest BCUT2D eigenvalue weighted by Crippen LogP contribution is -1.97. The highest BCUT2D eigenvalue weighted by molar-refractivity contribution is 9.10. The Kier molecular flexibility index (Phi) is 1.83. The highest BCUT2D eigenvalue weighted by atomic mass is 79.9. The maximum Gasteiger partial charge on any atom is 0.158 e. The summed E-state index contributed by atoms with van der Waals surface area (Å²) in [7, 11) is 0. The van der Waals surface area contributed by atoms with Crippen LogP contribution in [0.3, 0.4) is 0 Å². The largest absolute Gasteiger partial charge is 0.237 e. The Bertz CT molecular complexity index is 371. The van der Waals surface area contributed by atoms with Crippen molar-refractivity contribution in [1.82, 2.24) is 25.2 Å². The van der Waals surface area contributed by atoms with Gasteiger partial charge in [-0.2, -0.15) is 4.68 Å². The first-order valence-electron chi connectivity index (χ1n) is 3.21. The van der Waals surface area contributed by atoms with Gasteiger partial charge in [0.1, 0.15) is 6.33 Å². The maximum atomic E-state index is 4.07. The molecule has 5 nitrogen and oxygen atoms in total. The van der Waals surface area contributed by atoms with Crippen molar-refractivity contribution in [1.29, 1.82) is 0 Å². The predicted octanol–water partition coefficient (Wildman–Crippen LogP) is 0.820. The van der Waals surface area contributed by atoms with E-state index in [4.69, 9.17) is 0 Å². The van der Waals surface area contributed by atoms with E-state index in [2.05, 4.69) is 36.4 Å². The van der Waals surface area contributed by atoms with E-state index in [0.29, 0.717) is 5.82 Å². The minimum Gasteiger partial charge on any atom is -0.237 e. The average molecular weight is 226 g/mol. The van der Waals surface area contributed by atoms with Crippen LogP contribution in [0.15, 0.2) is 29.1 Å². The van der Waals surface area contributed by atoms with Crippen molar-refractivity contribution in [2.75, 3.05) is 0 Å². The van der Waals surface area contributed by atoms with Crippen molar-refractivity contribution >= 4 is 15.9 Å². The van der Waals surface area contributed by atoms with E-state index in [9.17, 15) is 0 Å². The van der Waals surface area contributed by atoms with E-state index >= 15 is 0 Å². The molecule has 0 radical (unpaired) electrons. The van der Waals surface area contributed by atoms with Crippen molar-refractivity contribution in [2.45, 2.75) is 0 Å². The third-order valence-electron chi connectivity index (χ3n) is 1.29. The van der Waals surface area contributed by atoms with Crippen LogP contribution in [-0.4, -0.2) is 25.2 Å². The Morgan fingerprint density at radius 2 is 2.33 bits per heavy atom. The molecule has 0 aliphatic heterocycles. The van der Waals surface area contributed by atoms with E-state index in [0.717, 1.165) is 4.47 Å². The van der Waals surface area contributed by atoms with Crippen LogP contribution in [0.1, 0.15) is 0 Å². The summed E-state index contributed by atoms with van der Waals surface area (Å²) in [6, 6.07) is 3.67. The van der Waals surface area contributed by atoms with Gasteiger partial charge in [0.25, 0.3) is 0 Å². The monoisotopic (exact) mass is 225 g/mol. The molecule has 0 saturated heterocycles. The lowest BCUT2D eigenvalue weighted by Gasteiger charge is -1.96. The summed E-state index contributed by atoms with van der Waals surface area (Å²) in [6.07, 6.45) is 3.18. The summed E-state index contributed by atoms with van der Waals surface area (Å²) < 4.78 is 2.44. The second-order valence-corrected chi connectivity index (χ2v) is 3.00. The van der Waals surface area contributed by atoms with Gasteiger partial charge < -0.3 is 0 Å². The molecule has 0 spiro atoms. The zero-order valence-corrected chi connectivity index (χ0v) is 7.51. The number of nitrogens with zero attached hydrogens (tertiary/aromatic N) is 5. The summed E-state index contributed by atoms with van der Waals surface area (Å²) in [5, 5.41) is 10.7. The Labute approximate surface area is 76.6 Å². The van der Waals surface area contributed by atoms with E-state index in [1.807, 2.05) is 12.1 Å². The Morgan fingerprint density at radius 1 is 1.42 bits per heavy atom. The van der Waals surface area contributed by atoms with Crippen LogP contribution in [0, 0.1) is 0 Å². The number of rotatable bonds is 1. The van der Waals surface area contributed by atoms with Gasteiger partial charge in [-0.05, 0) is 22.6 Å². The molecule has 0 amide bonds. The molecule has 2 aromatic rings. The molecule has 0 atom stereocenters. The van der Waals surface area contributed by atoms with Gasteiger partial charge in [0.05, 0.1) is 0 Å². The molecular formula is C6H4BrN5. The fourth-order valence-corrected chi connectivity index (χ4v) is 1.11. The Balaban J connectivity index is 2.48. The smallest absolute Gasteiger partial charge is 0.158 e. The first kappa shape index (κ1) is 7.35. The summed E-state index contributed by atoms with van der Waals surface area (Å²) in [5.74, 6) is 0.689. The Morgan fingerprint density at radius 3 is 3.00 bits per heavy atom. The summed E-state index contributed by atoms with van der Waals surface area (Å²) >= 11 is 3.33. The molecule has 0 unspecified atom stereocenters. The van der Waals surface area contributed by atoms with Crippen molar-refractivity contribution in [3.8, 4) is 5.82 Å². The number of pyridine rings is 1. The van der Waals surface area contributed by atoms with Gasteiger partial charge in [-0.15, -0.1) is 5.10 Å². The molecule has 6 heteroatoms. The molecule has 2 rings (SSSR count). The zero-order valence-electron chi connectivity index (χ0n) is 5.92. The highest BCUT2D eigenvalue weighted by Crippen LogP contribution is 2.10. The molecule has 0 fully saturated rings. The maximum absolute atomic E-state index is 4.07. The molecule has 2 aromatic heterocycles. The first-order valence-corrected chi connectivity index (χ1v) is 4.00. The topological polar surface area (TPSA) is 56.5 Å². The standard InChI is InChI=1S/C6H4BrN5/c7-5-1-2-8-6(3-5)12-4-9-10-11-12/h1-4H. The molecule has 0 bridgehead atoms. The first-order chi connectivity index (χ1) is 5.86. The van der Waals surface area contributed by atoms with Crippen molar-refractivity contribution in [3.63, 3.8) is 0 Å². The second-order valence-electron chi connectivity index (χ2n) is 2.09. The van der Waals surface area contributed by atoms with E-state index in [-0.39, 0.29) is 0 Å². The SMILES string of the molecule is Brc1ccnc(-n2cnnn2)c1. The van der Waals surface area contributed by atoms with Crippen LogP contribution in [0.4, 0.5) is 0 Å². The normalized spacial score (nSPS) is 10.1. The fourth-order valence-electron chi connectivity index (χ4n) is 0.785. The highest BCUT2D eigenvalue weighted by Gasteiger charge is 1.98. The van der Waals surface area contributed by atoms with Gasteiger partial charge in [0, 0.05) is 10.7 Å². The Hall–Kier alpha value is -1.30. The molecule has 0 aromatic carbocycles. The van der Waals surface area contributed by atoms with Gasteiger partial charge in [-0.25, -0.2) is 4.98 Å². The predicted molar refractivity (Wildman–Crippen MR) is 44.6 cm³/mol. The summed E-state index contributed by atoms with van der Waals surface area (Å²) in [4.78, 5) is 4.07. The van der Waals surface area contributed by atoms with Gasteiger partial charge in [0.2, 0.25) is 0 Å². The molecule has 0 aliphatic rings. The lowest BCUT2D eigenvalue weighted by molar-refractivity contribution is 0.770. The average Bonchev–Trinajstić information content (AvgIpc) is 2.56. The van der Waals surface area contributed by atoms with Gasteiger partial charge >= 0.3 is 0 Å². The van der Waals surface area contributed by atoms with E-state index in [1.54, 1.807) is 6.20 Å². The third kappa shape index (κ3) is 1.33. The number of aromatic nitrogens is 5. The number of tetrazole rings is 1. The quantitative estimate of drug-likeness (QED) is 0.722. The number of hydrogen-bond donors (Lipinski definition) is 0. The van der Waals surface area contributed by atoms with Crippen LogP contribution >= 0.6 is 15.9 Å². The number of hydrogen-bond acceptors (Lipinski definition) is 4. The van der Waals surface area contributed by atoms with Gasteiger partial charge in [0.15, 0.2) is 5.82 Å². The van der Waals surface area contributed by atoms with E-state index < -0.39 is 0 Å². The summed E-state index contributed by atoms with van der Waals surface area (Å²) in [6.45, 7) is 0. The van der Waals surface area contributed by atoms with Crippen LogP contribution in [0.2, 0.25) is 0 Å². The molecule has 0 N–H and O–H groups in total. The molecule has 0 saturated carbocycles. The minimum atomic E-state index is 0.689. The molecule has 12 heavy (non-hydrogen) atoms. The summed E-state index contributed by atoms with van der Waals surface area (Å²) in [5.41, 5.74) is 0. The van der Waals surface area contributed by atoms with Crippen molar-refractivity contribution < 1.29 is 0 Å². The fraction of sp³-hybridized carbons (Fsp3) is 0. The molecule has 0 aliphatic carbocycles. The third-order valence-corrected chi connectivity index (χ3v) is 1.78. The van der Waals surface area contributed by atoms with Crippen LogP contribution in [-0.2, 0) is 0 Å².